The second-order valence-corrected chi connectivity index (χ2v) is 8.94. The van der Waals surface area contributed by atoms with Crippen LogP contribution in [0, 0.1) is 0 Å². The van der Waals surface area contributed by atoms with Crippen molar-refractivity contribution in [3.05, 3.63) is 53.1 Å². The van der Waals surface area contributed by atoms with E-state index in [0.717, 1.165) is 5.56 Å². The summed E-state index contributed by atoms with van der Waals surface area (Å²) in [7, 11) is -2.08. The average molecular weight is 387 g/mol. The third kappa shape index (κ3) is 5.04. The van der Waals surface area contributed by atoms with Crippen molar-refractivity contribution in [2.45, 2.75) is 66.2 Å². The summed E-state index contributed by atoms with van der Waals surface area (Å²) in [5.41, 5.74) is 6.08. The highest BCUT2D eigenvalue weighted by Gasteiger charge is 2.31. The van der Waals surface area contributed by atoms with Gasteiger partial charge in [0.1, 0.15) is 0 Å². The monoisotopic (exact) mass is 387 g/mol. The van der Waals surface area contributed by atoms with Crippen molar-refractivity contribution >= 4 is 13.3 Å². The number of benzene rings is 2. The first-order valence-corrected chi connectivity index (χ1v) is 11.0. The highest BCUT2D eigenvalue weighted by molar-refractivity contribution is 7.48. The maximum absolute atomic E-state index is 12.7. The fourth-order valence-electron chi connectivity index (χ4n) is 3.25. The molecule has 4 heteroatoms. The SMILES string of the molecule is CCOO[P+](=O)c1ccccc1-c1c(C(C)C)cc(C(C)C)cc1C(C)C. The van der Waals surface area contributed by atoms with E-state index >= 15 is 0 Å². The lowest BCUT2D eigenvalue weighted by Gasteiger charge is -2.23. The molecule has 0 N–H and O–H groups in total. The normalized spacial score (nSPS) is 12.3. The zero-order valence-corrected chi connectivity index (χ0v) is 18.5. The molecule has 3 nitrogen and oxygen atoms in total. The molecule has 0 saturated heterocycles. The van der Waals surface area contributed by atoms with E-state index in [1.807, 2.05) is 31.2 Å². The molecule has 0 aliphatic carbocycles. The Morgan fingerprint density at radius 3 is 1.93 bits per heavy atom. The smallest absolute Gasteiger partial charge is 0.189 e. The second kappa shape index (κ2) is 9.59. The van der Waals surface area contributed by atoms with Crippen molar-refractivity contribution in [1.82, 2.24) is 0 Å². The fraction of sp³-hybridized carbons (Fsp3) is 0.478. The van der Waals surface area contributed by atoms with Gasteiger partial charge in [-0.15, -0.1) is 0 Å². The van der Waals surface area contributed by atoms with Gasteiger partial charge < -0.3 is 0 Å². The Hall–Kier alpha value is -1.54. The Balaban J connectivity index is 2.76. The molecule has 0 aromatic heterocycles. The van der Waals surface area contributed by atoms with Crippen LogP contribution in [-0.4, -0.2) is 6.61 Å². The Labute approximate surface area is 164 Å². The molecule has 27 heavy (non-hydrogen) atoms. The van der Waals surface area contributed by atoms with Crippen LogP contribution < -0.4 is 5.30 Å². The van der Waals surface area contributed by atoms with Crippen molar-refractivity contribution in [3.63, 3.8) is 0 Å². The van der Waals surface area contributed by atoms with Crippen LogP contribution >= 0.6 is 8.03 Å². The molecule has 146 valence electrons. The summed E-state index contributed by atoms with van der Waals surface area (Å²) in [5.74, 6) is 1.17. The lowest BCUT2D eigenvalue weighted by molar-refractivity contribution is -0.195. The fourth-order valence-corrected chi connectivity index (χ4v) is 4.12. The summed E-state index contributed by atoms with van der Waals surface area (Å²) >= 11 is 0. The van der Waals surface area contributed by atoms with Gasteiger partial charge in [-0.3, -0.25) is 0 Å². The Morgan fingerprint density at radius 2 is 1.44 bits per heavy atom. The van der Waals surface area contributed by atoms with E-state index in [9.17, 15) is 4.57 Å². The first-order valence-electron chi connectivity index (χ1n) is 9.81. The largest absolute Gasteiger partial charge is 0.579 e. The molecule has 2 aromatic rings. The second-order valence-electron chi connectivity index (χ2n) is 7.79. The van der Waals surface area contributed by atoms with Gasteiger partial charge >= 0.3 is 8.03 Å². The standard InChI is InChI=1S/C23H32O3P/c1-8-25-26-27(24)22-12-10-9-11-19(22)23-20(16(4)5)13-18(15(2)3)14-21(23)17(6)7/h9-17H,8H2,1-7H3/q+1. The molecule has 0 saturated carbocycles. The summed E-state index contributed by atoms with van der Waals surface area (Å²) in [6.45, 7) is 15.5. The van der Waals surface area contributed by atoms with Crippen molar-refractivity contribution in [3.8, 4) is 11.1 Å². The predicted octanol–water partition coefficient (Wildman–Crippen LogP) is 7.06. The summed E-state index contributed by atoms with van der Waals surface area (Å²) < 4.78 is 17.8. The van der Waals surface area contributed by atoms with E-state index in [1.165, 1.54) is 22.3 Å². The minimum Gasteiger partial charge on any atom is -0.189 e. The van der Waals surface area contributed by atoms with Crippen molar-refractivity contribution < 1.29 is 14.1 Å². The summed E-state index contributed by atoms with van der Waals surface area (Å²) in [6, 6.07) is 12.4. The van der Waals surface area contributed by atoms with Gasteiger partial charge in [0.15, 0.2) is 0 Å². The number of hydrogen-bond acceptors (Lipinski definition) is 3. The first-order chi connectivity index (χ1) is 12.8. The Morgan fingerprint density at radius 1 is 0.889 bits per heavy atom. The van der Waals surface area contributed by atoms with Gasteiger partial charge in [-0.25, -0.2) is 0 Å². The molecule has 0 radical (unpaired) electrons. The lowest BCUT2D eigenvalue weighted by Crippen LogP contribution is -2.10. The quantitative estimate of drug-likeness (QED) is 0.276. The number of hydrogen-bond donors (Lipinski definition) is 0. The van der Waals surface area contributed by atoms with Crippen LogP contribution in [0.5, 0.6) is 0 Å². The van der Waals surface area contributed by atoms with E-state index < -0.39 is 8.03 Å². The van der Waals surface area contributed by atoms with Crippen LogP contribution in [-0.2, 0) is 14.1 Å². The summed E-state index contributed by atoms with van der Waals surface area (Å²) in [6.07, 6.45) is 0. The van der Waals surface area contributed by atoms with E-state index in [0.29, 0.717) is 29.7 Å². The zero-order valence-electron chi connectivity index (χ0n) is 17.6. The molecule has 0 bridgehead atoms. The van der Waals surface area contributed by atoms with E-state index in [1.54, 1.807) is 0 Å². The summed E-state index contributed by atoms with van der Waals surface area (Å²) in [4.78, 5) is 4.96. The maximum Gasteiger partial charge on any atom is 0.579 e. The summed E-state index contributed by atoms with van der Waals surface area (Å²) in [5, 5.41) is 0.682. The van der Waals surface area contributed by atoms with Gasteiger partial charge in [0.05, 0.1) is 6.61 Å². The van der Waals surface area contributed by atoms with Crippen LogP contribution in [0.1, 0.15) is 82.9 Å². The van der Waals surface area contributed by atoms with Crippen molar-refractivity contribution in [2.75, 3.05) is 6.61 Å². The van der Waals surface area contributed by atoms with Gasteiger partial charge in [0.2, 0.25) is 5.30 Å². The molecular formula is C23H32O3P+. The molecule has 0 heterocycles. The van der Waals surface area contributed by atoms with E-state index in [-0.39, 0.29) is 0 Å². The lowest BCUT2D eigenvalue weighted by atomic mass is 9.82. The topological polar surface area (TPSA) is 35.5 Å². The molecule has 1 unspecified atom stereocenters. The van der Waals surface area contributed by atoms with Crippen LogP contribution in [0.3, 0.4) is 0 Å². The highest BCUT2D eigenvalue weighted by atomic mass is 31.1. The molecule has 1 atom stereocenters. The Bertz CT molecular complexity index is 765. The minimum atomic E-state index is -2.08. The zero-order chi connectivity index (χ0) is 20.1. The molecule has 0 fully saturated rings. The van der Waals surface area contributed by atoms with Crippen LogP contribution in [0.2, 0.25) is 0 Å². The van der Waals surface area contributed by atoms with Crippen molar-refractivity contribution in [1.29, 1.82) is 0 Å². The van der Waals surface area contributed by atoms with E-state index in [4.69, 9.17) is 9.56 Å². The Kier molecular flexibility index (Phi) is 7.73. The van der Waals surface area contributed by atoms with Crippen LogP contribution in [0.15, 0.2) is 36.4 Å². The van der Waals surface area contributed by atoms with Gasteiger partial charge in [-0.1, -0.05) is 65.8 Å². The molecule has 0 aliphatic heterocycles. The molecule has 0 spiro atoms. The van der Waals surface area contributed by atoms with Gasteiger partial charge in [0, 0.05) is 10.2 Å². The third-order valence-corrected chi connectivity index (χ3v) is 5.76. The third-order valence-electron chi connectivity index (χ3n) is 4.74. The predicted molar refractivity (Wildman–Crippen MR) is 114 cm³/mol. The van der Waals surface area contributed by atoms with Crippen LogP contribution in [0.4, 0.5) is 0 Å². The first kappa shape index (κ1) is 21.8. The van der Waals surface area contributed by atoms with Gasteiger partial charge in [-0.05, 0) is 63.6 Å². The molecule has 2 aromatic carbocycles. The molecule has 0 aliphatic rings. The van der Waals surface area contributed by atoms with Gasteiger partial charge in [0.25, 0.3) is 0 Å². The van der Waals surface area contributed by atoms with Crippen molar-refractivity contribution in [2.24, 2.45) is 0 Å². The highest BCUT2D eigenvalue weighted by Crippen LogP contribution is 2.40. The van der Waals surface area contributed by atoms with E-state index in [2.05, 4.69) is 53.7 Å². The average Bonchev–Trinajstić information content (AvgIpc) is 2.64. The number of rotatable bonds is 8. The minimum absolute atomic E-state index is 0.356. The maximum atomic E-state index is 12.7. The molecule has 0 amide bonds. The van der Waals surface area contributed by atoms with Gasteiger partial charge in [-0.2, -0.15) is 4.89 Å². The van der Waals surface area contributed by atoms with Crippen LogP contribution in [0.25, 0.3) is 11.1 Å². The molecule has 2 rings (SSSR count). The molecular weight excluding hydrogens is 355 g/mol.